The van der Waals surface area contributed by atoms with Gasteiger partial charge in [-0.1, -0.05) is 12.1 Å². The van der Waals surface area contributed by atoms with Crippen molar-refractivity contribution in [3.05, 3.63) is 82.1 Å². The van der Waals surface area contributed by atoms with E-state index in [1.807, 2.05) is 4.90 Å². The second-order valence-corrected chi connectivity index (χ2v) is 8.54. The summed E-state index contributed by atoms with van der Waals surface area (Å²) < 4.78 is 5.90. The van der Waals surface area contributed by atoms with Gasteiger partial charge in [0.05, 0.1) is 4.92 Å². The number of furan rings is 1. The van der Waals surface area contributed by atoms with Crippen molar-refractivity contribution in [2.24, 2.45) is 0 Å². The molecule has 2 bridgehead atoms. The summed E-state index contributed by atoms with van der Waals surface area (Å²) >= 11 is 0. The number of hydrogen-bond donors (Lipinski definition) is 1. The van der Waals surface area contributed by atoms with Crippen LogP contribution in [0.25, 0.3) is 11.3 Å². The van der Waals surface area contributed by atoms with Crippen LogP contribution in [0, 0.1) is 10.1 Å². The number of carbonyl (C=O) groups excluding carboxylic acids is 2. The molecular weight excluding hydrogens is 472 g/mol. The van der Waals surface area contributed by atoms with Crippen molar-refractivity contribution in [2.75, 3.05) is 31.5 Å². The molecule has 2 amide bonds. The number of carbonyl (C=O) groups is 2. The Morgan fingerprint density at radius 3 is 2.37 bits per heavy atom. The van der Waals surface area contributed by atoms with Gasteiger partial charge in [-0.15, -0.1) is 12.4 Å². The summed E-state index contributed by atoms with van der Waals surface area (Å²) in [4.78, 5) is 40.5. The number of benzene rings is 2. The highest BCUT2D eigenvalue weighted by atomic mass is 35.5. The predicted octanol–water partition coefficient (Wildman–Crippen LogP) is 4.45. The zero-order valence-corrected chi connectivity index (χ0v) is 19.7. The van der Waals surface area contributed by atoms with Crippen LogP contribution in [0.5, 0.6) is 0 Å². The number of anilines is 1. The highest BCUT2D eigenvalue weighted by Crippen LogP contribution is 2.28. The van der Waals surface area contributed by atoms with Gasteiger partial charge >= 0.3 is 0 Å². The lowest BCUT2D eigenvalue weighted by Crippen LogP contribution is -2.41. The Kier molecular flexibility index (Phi) is 7.18. The fourth-order valence-electron chi connectivity index (χ4n) is 4.64. The first kappa shape index (κ1) is 24.4. The zero-order chi connectivity index (χ0) is 23.7. The molecule has 3 saturated heterocycles. The van der Waals surface area contributed by atoms with Gasteiger partial charge in [-0.25, -0.2) is 0 Å². The van der Waals surface area contributed by atoms with Gasteiger partial charge in [0, 0.05) is 49.5 Å². The normalized spacial score (nSPS) is 18.9. The monoisotopic (exact) mass is 496 g/mol. The van der Waals surface area contributed by atoms with E-state index in [0.717, 1.165) is 38.0 Å². The van der Waals surface area contributed by atoms with Crippen molar-refractivity contribution in [3.8, 4) is 11.3 Å². The van der Waals surface area contributed by atoms with Crippen molar-refractivity contribution in [3.63, 3.8) is 0 Å². The maximum absolute atomic E-state index is 13.1. The summed E-state index contributed by atoms with van der Waals surface area (Å²) in [6.07, 6.45) is 2.00. The lowest BCUT2D eigenvalue weighted by molar-refractivity contribution is -0.385. The molecule has 0 spiro atoms. The SMILES string of the molecule is Cl.O=C(Nc1ccc(-c2ccc(C(=O)N3CCN4CCC3CC4)o2)cc1)c1ccccc1[N+](=O)[O-]. The van der Waals surface area contributed by atoms with Crippen LogP contribution in [0.2, 0.25) is 0 Å². The molecule has 0 unspecified atom stereocenters. The Morgan fingerprint density at radius 2 is 1.66 bits per heavy atom. The fourth-order valence-corrected chi connectivity index (χ4v) is 4.64. The average Bonchev–Trinajstić information content (AvgIpc) is 3.16. The van der Waals surface area contributed by atoms with Crippen LogP contribution in [0.3, 0.4) is 0 Å². The summed E-state index contributed by atoms with van der Waals surface area (Å²) in [7, 11) is 0. The molecule has 1 aromatic heterocycles. The minimum Gasteiger partial charge on any atom is -0.451 e. The molecule has 3 aliphatic rings. The molecule has 182 valence electrons. The van der Waals surface area contributed by atoms with E-state index in [0.29, 0.717) is 23.8 Å². The van der Waals surface area contributed by atoms with E-state index in [-0.39, 0.29) is 35.6 Å². The molecule has 0 atom stereocenters. The maximum Gasteiger partial charge on any atom is 0.289 e. The number of nitro benzene ring substituents is 1. The summed E-state index contributed by atoms with van der Waals surface area (Å²) in [5, 5.41) is 13.9. The van der Waals surface area contributed by atoms with Crippen LogP contribution in [0.15, 0.2) is 65.1 Å². The number of piperidine rings is 1. The molecule has 3 aromatic rings. The van der Waals surface area contributed by atoms with E-state index in [1.165, 1.54) is 18.2 Å². The van der Waals surface area contributed by atoms with E-state index in [2.05, 4.69) is 10.2 Å². The highest BCUT2D eigenvalue weighted by molar-refractivity contribution is 6.07. The van der Waals surface area contributed by atoms with E-state index >= 15 is 0 Å². The molecular formula is C25H25ClN4O5. The van der Waals surface area contributed by atoms with Gasteiger partial charge in [0.15, 0.2) is 5.76 Å². The van der Waals surface area contributed by atoms with Crippen LogP contribution in [-0.4, -0.2) is 58.8 Å². The molecule has 0 saturated carbocycles. The molecule has 3 fully saturated rings. The highest BCUT2D eigenvalue weighted by Gasteiger charge is 2.33. The second kappa shape index (κ2) is 10.3. The number of halogens is 1. The van der Waals surface area contributed by atoms with Crippen molar-refractivity contribution in [1.82, 2.24) is 9.80 Å². The smallest absolute Gasteiger partial charge is 0.289 e. The molecule has 0 aliphatic carbocycles. The van der Waals surface area contributed by atoms with Crippen molar-refractivity contribution < 1.29 is 18.9 Å². The Bertz CT molecular complexity index is 1230. The lowest BCUT2D eigenvalue weighted by atomic mass is 10.1. The molecule has 0 radical (unpaired) electrons. The number of amides is 2. The van der Waals surface area contributed by atoms with E-state index in [9.17, 15) is 19.7 Å². The zero-order valence-electron chi connectivity index (χ0n) is 18.9. The van der Waals surface area contributed by atoms with Crippen molar-refractivity contribution in [2.45, 2.75) is 18.9 Å². The van der Waals surface area contributed by atoms with Crippen LogP contribution >= 0.6 is 12.4 Å². The Morgan fingerprint density at radius 1 is 0.943 bits per heavy atom. The van der Waals surface area contributed by atoms with Gasteiger partial charge in [0.1, 0.15) is 11.3 Å². The van der Waals surface area contributed by atoms with Gasteiger partial charge in [0.2, 0.25) is 0 Å². The van der Waals surface area contributed by atoms with Crippen molar-refractivity contribution in [1.29, 1.82) is 0 Å². The number of nitrogens with one attached hydrogen (secondary N) is 1. The third kappa shape index (κ3) is 5.06. The average molecular weight is 497 g/mol. The largest absolute Gasteiger partial charge is 0.451 e. The third-order valence-corrected chi connectivity index (χ3v) is 6.51. The first-order chi connectivity index (χ1) is 16.5. The summed E-state index contributed by atoms with van der Waals surface area (Å²) in [6, 6.07) is 16.5. The van der Waals surface area contributed by atoms with E-state index in [4.69, 9.17) is 4.42 Å². The topological polar surface area (TPSA) is 109 Å². The number of fused-ring (bicyclic) bond motifs is 4. The standard InChI is InChI=1S/C25H24N4O5.ClH/c30-24(20-3-1-2-4-21(20)29(32)33)26-18-7-5-17(6-8-18)22-9-10-23(34-22)25(31)28-16-15-27-13-11-19(28)12-14-27;/h1-10,19H,11-16H2,(H,26,30);1H. The lowest BCUT2D eigenvalue weighted by Gasteiger charge is -2.30. The Labute approximate surface area is 208 Å². The number of nitrogens with zero attached hydrogens (tertiary/aromatic N) is 3. The van der Waals surface area contributed by atoms with Gasteiger partial charge in [0.25, 0.3) is 17.5 Å². The van der Waals surface area contributed by atoms with Crippen LogP contribution in [-0.2, 0) is 0 Å². The molecule has 4 heterocycles. The summed E-state index contributed by atoms with van der Waals surface area (Å²) in [5.41, 5.74) is 0.986. The first-order valence-corrected chi connectivity index (χ1v) is 11.3. The Hall–Kier alpha value is -3.69. The van der Waals surface area contributed by atoms with Crippen LogP contribution in [0.1, 0.15) is 33.8 Å². The number of hydrogen-bond acceptors (Lipinski definition) is 6. The van der Waals surface area contributed by atoms with Gasteiger partial charge < -0.3 is 19.5 Å². The predicted molar refractivity (Wildman–Crippen MR) is 133 cm³/mol. The second-order valence-electron chi connectivity index (χ2n) is 8.54. The summed E-state index contributed by atoms with van der Waals surface area (Å²) in [6.45, 7) is 3.69. The quantitative estimate of drug-likeness (QED) is 0.413. The third-order valence-electron chi connectivity index (χ3n) is 6.51. The Balaban J connectivity index is 0.00000289. The van der Waals surface area contributed by atoms with Gasteiger partial charge in [-0.2, -0.15) is 0 Å². The molecule has 1 N–H and O–H groups in total. The minimum atomic E-state index is -0.581. The molecule has 2 aromatic carbocycles. The van der Waals surface area contributed by atoms with Crippen LogP contribution in [0.4, 0.5) is 11.4 Å². The number of para-hydroxylation sites is 1. The van der Waals surface area contributed by atoms with E-state index in [1.54, 1.807) is 42.5 Å². The fraction of sp³-hybridized carbons (Fsp3) is 0.280. The molecule has 10 heteroatoms. The van der Waals surface area contributed by atoms with Crippen LogP contribution < -0.4 is 5.32 Å². The maximum atomic E-state index is 13.1. The number of rotatable bonds is 5. The van der Waals surface area contributed by atoms with Gasteiger partial charge in [-0.3, -0.25) is 19.7 Å². The molecule has 6 rings (SSSR count). The molecule has 9 nitrogen and oxygen atoms in total. The van der Waals surface area contributed by atoms with E-state index < -0.39 is 10.8 Å². The number of nitro groups is 1. The molecule has 3 aliphatic heterocycles. The summed E-state index contributed by atoms with van der Waals surface area (Å²) in [5.74, 6) is 0.245. The molecule has 35 heavy (non-hydrogen) atoms. The van der Waals surface area contributed by atoms with Gasteiger partial charge in [-0.05, 0) is 55.3 Å². The minimum absolute atomic E-state index is 0. The van der Waals surface area contributed by atoms with Crippen molar-refractivity contribution >= 4 is 35.6 Å². The first-order valence-electron chi connectivity index (χ1n) is 11.3.